The molecule has 0 saturated carbocycles. The molecule has 0 atom stereocenters. The number of H-pyrrole nitrogens is 1. The van der Waals surface area contributed by atoms with Crippen molar-refractivity contribution in [3.05, 3.63) is 64.3 Å². The molecule has 8 heteroatoms. The van der Waals surface area contributed by atoms with Crippen LogP contribution in [0.1, 0.15) is 26.6 Å². The summed E-state index contributed by atoms with van der Waals surface area (Å²) in [7, 11) is 0. The summed E-state index contributed by atoms with van der Waals surface area (Å²) in [5, 5.41) is 4.42. The summed E-state index contributed by atoms with van der Waals surface area (Å²) in [4.78, 5) is 20.0. The topological polar surface area (TPSA) is 57.8 Å². The number of aryl methyl sites for hydroxylation is 1. The molecule has 0 unspecified atom stereocenters. The van der Waals surface area contributed by atoms with Gasteiger partial charge in [-0.15, -0.1) is 11.3 Å². The van der Waals surface area contributed by atoms with Crippen molar-refractivity contribution in [2.75, 3.05) is 0 Å². The van der Waals surface area contributed by atoms with E-state index < -0.39 is 11.9 Å². The van der Waals surface area contributed by atoms with Crippen molar-refractivity contribution in [2.24, 2.45) is 0 Å². The number of amides is 1. The van der Waals surface area contributed by atoms with E-state index >= 15 is 0 Å². The number of hydrogen-bond donors (Lipinski definition) is 2. The van der Waals surface area contributed by atoms with E-state index in [1.54, 1.807) is 6.92 Å². The van der Waals surface area contributed by atoms with Crippen molar-refractivity contribution in [1.82, 2.24) is 15.3 Å². The number of pyridine rings is 1. The number of benzene rings is 1. The molecule has 0 fully saturated rings. The molecule has 27 heavy (non-hydrogen) atoms. The van der Waals surface area contributed by atoms with Crippen LogP contribution in [0, 0.1) is 6.92 Å². The van der Waals surface area contributed by atoms with Gasteiger partial charge in [0.05, 0.1) is 11.4 Å². The summed E-state index contributed by atoms with van der Waals surface area (Å²) in [6.07, 6.45) is -4.51. The first-order valence-electron chi connectivity index (χ1n) is 8.15. The average molecular weight is 389 g/mol. The zero-order chi connectivity index (χ0) is 19.2. The number of carbonyl (C=O) groups is 1. The largest absolute Gasteiger partial charge is 0.433 e. The van der Waals surface area contributed by atoms with Gasteiger partial charge in [-0.1, -0.05) is 18.2 Å². The van der Waals surface area contributed by atoms with Crippen LogP contribution in [0.15, 0.2) is 42.5 Å². The minimum Gasteiger partial charge on any atom is -0.357 e. The number of alkyl halides is 3. The standard InChI is InChI=1S/C19H14F3N3OS/c1-10-13-6-7-15(19(20,21)22)25-18(13)27-16(10)17(26)23-9-12-8-11-4-2-3-5-14(11)24-12/h2-8,24H,9H2,1H3,(H,23,26). The van der Waals surface area contributed by atoms with Crippen LogP contribution in [-0.2, 0) is 12.7 Å². The highest BCUT2D eigenvalue weighted by atomic mass is 32.1. The van der Waals surface area contributed by atoms with Gasteiger partial charge in [0.25, 0.3) is 5.91 Å². The van der Waals surface area contributed by atoms with E-state index in [0.29, 0.717) is 22.4 Å². The van der Waals surface area contributed by atoms with E-state index in [0.717, 1.165) is 34.0 Å². The second-order valence-corrected chi connectivity index (χ2v) is 7.17. The molecule has 4 rings (SSSR count). The molecule has 138 valence electrons. The monoisotopic (exact) mass is 389 g/mol. The van der Waals surface area contributed by atoms with Crippen molar-refractivity contribution in [2.45, 2.75) is 19.6 Å². The fraction of sp³-hybridized carbons (Fsp3) is 0.158. The summed E-state index contributed by atoms with van der Waals surface area (Å²) >= 11 is 0.969. The third kappa shape index (κ3) is 3.28. The Bertz CT molecular complexity index is 1130. The van der Waals surface area contributed by atoms with Crippen LogP contribution in [0.3, 0.4) is 0 Å². The van der Waals surface area contributed by atoms with Gasteiger partial charge < -0.3 is 10.3 Å². The maximum atomic E-state index is 12.8. The smallest absolute Gasteiger partial charge is 0.357 e. The molecule has 0 spiro atoms. The number of thiophene rings is 1. The molecule has 2 N–H and O–H groups in total. The van der Waals surface area contributed by atoms with Crippen LogP contribution in [0.2, 0.25) is 0 Å². The average Bonchev–Trinajstić information content (AvgIpc) is 3.19. The first kappa shape index (κ1) is 17.5. The van der Waals surface area contributed by atoms with Crippen LogP contribution < -0.4 is 5.32 Å². The molecule has 4 aromatic rings. The van der Waals surface area contributed by atoms with E-state index in [-0.39, 0.29) is 10.7 Å². The van der Waals surface area contributed by atoms with Gasteiger partial charge in [-0.05, 0) is 42.1 Å². The van der Waals surface area contributed by atoms with E-state index in [9.17, 15) is 18.0 Å². The predicted molar refractivity (Wildman–Crippen MR) is 98.8 cm³/mol. The van der Waals surface area contributed by atoms with Gasteiger partial charge >= 0.3 is 6.18 Å². The highest BCUT2D eigenvalue weighted by molar-refractivity contribution is 7.20. The molecule has 3 heterocycles. The lowest BCUT2D eigenvalue weighted by molar-refractivity contribution is -0.140. The molecule has 0 aliphatic rings. The number of carbonyl (C=O) groups excluding carboxylic acids is 1. The molecular weight excluding hydrogens is 375 g/mol. The van der Waals surface area contributed by atoms with Crippen molar-refractivity contribution >= 4 is 38.4 Å². The third-order valence-electron chi connectivity index (χ3n) is 4.33. The summed E-state index contributed by atoms with van der Waals surface area (Å²) < 4.78 is 38.5. The normalized spacial score (nSPS) is 12.0. The molecule has 0 aliphatic carbocycles. The molecule has 4 nitrogen and oxygen atoms in total. The van der Waals surface area contributed by atoms with E-state index in [1.165, 1.54) is 6.07 Å². The minimum absolute atomic E-state index is 0.207. The Morgan fingerprint density at radius 2 is 2.00 bits per heavy atom. The number of aromatic nitrogens is 2. The van der Waals surface area contributed by atoms with Crippen LogP contribution in [0.25, 0.3) is 21.1 Å². The highest BCUT2D eigenvalue weighted by Gasteiger charge is 2.33. The minimum atomic E-state index is -4.51. The Hall–Kier alpha value is -2.87. The molecule has 0 saturated heterocycles. The zero-order valence-corrected chi connectivity index (χ0v) is 15.0. The van der Waals surface area contributed by atoms with Crippen molar-refractivity contribution in [1.29, 1.82) is 0 Å². The molecule has 0 aliphatic heterocycles. The first-order chi connectivity index (χ1) is 12.8. The fourth-order valence-electron chi connectivity index (χ4n) is 2.96. The van der Waals surface area contributed by atoms with Crippen LogP contribution >= 0.6 is 11.3 Å². The summed E-state index contributed by atoms with van der Waals surface area (Å²) in [6.45, 7) is 2.01. The van der Waals surface area contributed by atoms with Gasteiger partial charge in [0, 0.05) is 16.6 Å². The van der Waals surface area contributed by atoms with Gasteiger partial charge in [-0.25, -0.2) is 4.98 Å². The van der Waals surface area contributed by atoms with E-state index in [2.05, 4.69) is 15.3 Å². The Morgan fingerprint density at radius 1 is 1.22 bits per heavy atom. The summed E-state index contributed by atoms with van der Waals surface area (Å²) in [5.41, 5.74) is 1.50. The molecule has 0 bridgehead atoms. The van der Waals surface area contributed by atoms with Gasteiger partial charge in [0.2, 0.25) is 0 Å². The number of fused-ring (bicyclic) bond motifs is 2. The number of aromatic amines is 1. The lowest BCUT2D eigenvalue weighted by Gasteiger charge is -2.04. The Kier molecular flexibility index (Phi) is 4.15. The maximum absolute atomic E-state index is 12.8. The molecule has 0 radical (unpaired) electrons. The number of rotatable bonds is 3. The van der Waals surface area contributed by atoms with E-state index in [1.807, 2.05) is 30.3 Å². The van der Waals surface area contributed by atoms with Crippen LogP contribution in [-0.4, -0.2) is 15.9 Å². The SMILES string of the molecule is Cc1c(C(=O)NCc2cc3ccccc3[nH]2)sc2nc(C(F)(F)F)ccc12. The predicted octanol–water partition coefficient (Wildman–Crippen LogP) is 5.03. The maximum Gasteiger partial charge on any atom is 0.433 e. The Balaban J connectivity index is 1.57. The first-order valence-corrected chi connectivity index (χ1v) is 8.97. The lowest BCUT2D eigenvalue weighted by Crippen LogP contribution is -2.22. The molecule has 1 amide bonds. The molecular formula is C19H14F3N3OS. The van der Waals surface area contributed by atoms with Crippen molar-refractivity contribution < 1.29 is 18.0 Å². The van der Waals surface area contributed by atoms with Gasteiger partial charge in [0.1, 0.15) is 10.5 Å². The van der Waals surface area contributed by atoms with Crippen LogP contribution in [0.5, 0.6) is 0 Å². The Labute approximate surface area is 156 Å². The number of nitrogens with one attached hydrogen (secondary N) is 2. The number of hydrogen-bond acceptors (Lipinski definition) is 3. The second kappa shape index (κ2) is 6.38. The van der Waals surface area contributed by atoms with Crippen molar-refractivity contribution in [3.63, 3.8) is 0 Å². The highest BCUT2D eigenvalue weighted by Crippen LogP contribution is 2.34. The lowest BCUT2D eigenvalue weighted by atomic mass is 10.2. The van der Waals surface area contributed by atoms with Crippen molar-refractivity contribution in [3.8, 4) is 0 Å². The zero-order valence-electron chi connectivity index (χ0n) is 14.1. The summed E-state index contributed by atoms with van der Waals surface area (Å²) in [6, 6.07) is 12.0. The molecule has 1 aromatic carbocycles. The van der Waals surface area contributed by atoms with Gasteiger partial charge in [0.15, 0.2) is 0 Å². The third-order valence-corrected chi connectivity index (χ3v) is 5.53. The van der Waals surface area contributed by atoms with Gasteiger partial charge in [-0.3, -0.25) is 4.79 Å². The van der Waals surface area contributed by atoms with E-state index in [4.69, 9.17) is 0 Å². The number of para-hydroxylation sites is 1. The second-order valence-electron chi connectivity index (χ2n) is 6.17. The quantitative estimate of drug-likeness (QED) is 0.516. The fourth-order valence-corrected chi connectivity index (χ4v) is 4.05. The molecule has 3 aromatic heterocycles. The Morgan fingerprint density at radius 3 is 2.74 bits per heavy atom. The van der Waals surface area contributed by atoms with Crippen LogP contribution in [0.4, 0.5) is 13.2 Å². The summed E-state index contributed by atoms with van der Waals surface area (Å²) in [5.74, 6) is -0.331. The van der Waals surface area contributed by atoms with Gasteiger partial charge in [-0.2, -0.15) is 13.2 Å². The number of nitrogens with zero attached hydrogens (tertiary/aromatic N) is 1. The number of halogens is 3.